The lowest BCUT2D eigenvalue weighted by atomic mass is 9.99. The molecule has 1 N–H and O–H groups in total. The van der Waals surface area contributed by atoms with Crippen LogP contribution in [0.2, 0.25) is 0 Å². The van der Waals surface area contributed by atoms with Crippen LogP contribution in [0.25, 0.3) is 0 Å². The molecule has 1 aromatic heterocycles. The Hall–Kier alpha value is -1.83. The number of ketones is 1. The highest BCUT2D eigenvalue weighted by molar-refractivity contribution is 9.10. The lowest BCUT2D eigenvalue weighted by Gasteiger charge is -2.11. The fourth-order valence-corrected chi connectivity index (χ4v) is 2.58. The van der Waals surface area contributed by atoms with E-state index in [4.69, 9.17) is 9.84 Å². The fraction of sp³-hybridized carbons (Fsp3) is 0.294. The fourth-order valence-electron chi connectivity index (χ4n) is 2.24. The number of aryl methyl sites for hydroxylation is 1. The monoisotopic (exact) mass is 397 g/mol. The Kier molecular flexibility index (Phi) is 6.42. The summed E-state index contributed by atoms with van der Waals surface area (Å²) in [6, 6.07) is 5.97. The first-order chi connectivity index (χ1) is 11.4. The molecular formula is C17H17BrFNO4. The van der Waals surface area contributed by atoms with Crippen LogP contribution >= 0.6 is 15.9 Å². The molecule has 0 radical (unpaired) electrons. The number of aliphatic hydroxyl groups excluding tert-OH is 1. The van der Waals surface area contributed by atoms with E-state index >= 15 is 0 Å². The van der Waals surface area contributed by atoms with Gasteiger partial charge in [0.1, 0.15) is 12.4 Å². The predicted molar refractivity (Wildman–Crippen MR) is 90.8 cm³/mol. The minimum Gasteiger partial charge on any atom is -0.394 e. The molecule has 0 aliphatic carbocycles. The number of rotatable bonds is 7. The summed E-state index contributed by atoms with van der Waals surface area (Å²) in [6.45, 7) is -0.347. The second kappa shape index (κ2) is 8.32. The molecule has 0 unspecified atom stereocenters. The van der Waals surface area contributed by atoms with Crippen LogP contribution in [-0.2, 0) is 18.2 Å². The number of carbonyl (C=O) groups excluding carboxylic acids is 1. The zero-order chi connectivity index (χ0) is 17.7. The van der Waals surface area contributed by atoms with Crippen molar-refractivity contribution in [2.45, 2.75) is 6.42 Å². The maximum atomic E-state index is 14.0. The third kappa shape index (κ3) is 4.59. The minimum atomic E-state index is -0.417. The third-order valence-electron chi connectivity index (χ3n) is 3.48. The van der Waals surface area contributed by atoms with Crippen molar-refractivity contribution < 1.29 is 19.0 Å². The molecule has 7 heteroatoms. The SMILES string of the molecule is Cn1cc(C(=O)COCCO)c(Cc2ccc(Br)cc2F)cc1=O. The molecule has 24 heavy (non-hydrogen) atoms. The summed E-state index contributed by atoms with van der Waals surface area (Å²) in [5, 5.41) is 8.71. The zero-order valence-corrected chi connectivity index (χ0v) is 14.7. The topological polar surface area (TPSA) is 68.5 Å². The van der Waals surface area contributed by atoms with Gasteiger partial charge in [-0.1, -0.05) is 22.0 Å². The highest BCUT2D eigenvalue weighted by Gasteiger charge is 2.15. The molecule has 0 aliphatic rings. The smallest absolute Gasteiger partial charge is 0.250 e. The molecule has 1 aromatic carbocycles. The van der Waals surface area contributed by atoms with Crippen molar-refractivity contribution in [1.29, 1.82) is 0 Å². The van der Waals surface area contributed by atoms with Crippen LogP contribution in [0.5, 0.6) is 0 Å². The molecule has 0 saturated heterocycles. The highest BCUT2D eigenvalue weighted by atomic mass is 79.9. The summed E-state index contributed by atoms with van der Waals surface area (Å²) in [6.07, 6.45) is 1.55. The molecule has 0 spiro atoms. The minimum absolute atomic E-state index is 0.0498. The summed E-state index contributed by atoms with van der Waals surface area (Å²) in [4.78, 5) is 24.2. The van der Waals surface area contributed by atoms with E-state index < -0.39 is 5.82 Å². The van der Waals surface area contributed by atoms with Gasteiger partial charge in [-0.25, -0.2) is 4.39 Å². The van der Waals surface area contributed by atoms with E-state index in [0.717, 1.165) is 0 Å². The van der Waals surface area contributed by atoms with E-state index in [1.165, 1.54) is 29.9 Å². The molecule has 0 bridgehead atoms. The number of aromatic nitrogens is 1. The Morgan fingerprint density at radius 3 is 2.75 bits per heavy atom. The first-order valence-electron chi connectivity index (χ1n) is 7.27. The van der Waals surface area contributed by atoms with Crippen molar-refractivity contribution in [3.05, 3.63) is 67.8 Å². The number of aliphatic hydroxyl groups is 1. The lowest BCUT2D eigenvalue weighted by Crippen LogP contribution is -2.22. The number of carbonyl (C=O) groups is 1. The largest absolute Gasteiger partial charge is 0.394 e. The van der Waals surface area contributed by atoms with Crippen LogP contribution in [0.4, 0.5) is 4.39 Å². The number of hydrogen-bond donors (Lipinski definition) is 1. The molecule has 2 aromatic rings. The number of hydrogen-bond acceptors (Lipinski definition) is 4. The second-order valence-electron chi connectivity index (χ2n) is 5.27. The molecule has 2 rings (SSSR count). The van der Waals surface area contributed by atoms with Crippen LogP contribution < -0.4 is 5.56 Å². The summed E-state index contributed by atoms with van der Waals surface area (Å²) in [7, 11) is 1.54. The maximum absolute atomic E-state index is 14.0. The van der Waals surface area contributed by atoms with Gasteiger partial charge < -0.3 is 14.4 Å². The molecule has 0 fully saturated rings. The Bertz CT molecular complexity index is 804. The number of nitrogens with zero attached hydrogens (tertiary/aromatic N) is 1. The Morgan fingerprint density at radius 1 is 1.33 bits per heavy atom. The molecule has 0 amide bonds. The first-order valence-corrected chi connectivity index (χ1v) is 8.07. The van der Waals surface area contributed by atoms with Gasteiger partial charge in [0.25, 0.3) is 5.56 Å². The number of pyridine rings is 1. The molecule has 1 heterocycles. The van der Waals surface area contributed by atoms with Crippen LogP contribution in [0.15, 0.2) is 39.7 Å². The number of halogens is 2. The van der Waals surface area contributed by atoms with Crippen molar-refractivity contribution in [2.75, 3.05) is 19.8 Å². The van der Waals surface area contributed by atoms with Crippen molar-refractivity contribution in [3.63, 3.8) is 0 Å². The van der Waals surface area contributed by atoms with Crippen LogP contribution in [-0.4, -0.2) is 35.3 Å². The summed E-state index contributed by atoms with van der Waals surface area (Å²) in [5.74, 6) is -0.744. The maximum Gasteiger partial charge on any atom is 0.250 e. The van der Waals surface area contributed by atoms with Crippen molar-refractivity contribution in [3.8, 4) is 0 Å². The van der Waals surface area contributed by atoms with Gasteiger partial charge in [0.15, 0.2) is 5.78 Å². The molecule has 128 valence electrons. The Morgan fingerprint density at radius 2 is 2.08 bits per heavy atom. The quantitative estimate of drug-likeness (QED) is 0.573. The van der Waals surface area contributed by atoms with E-state index in [1.807, 2.05) is 0 Å². The number of ether oxygens (including phenoxy) is 1. The van der Waals surface area contributed by atoms with E-state index in [2.05, 4.69) is 15.9 Å². The summed E-state index contributed by atoms with van der Waals surface area (Å²) >= 11 is 3.19. The van der Waals surface area contributed by atoms with Gasteiger partial charge in [0, 0.05) is 35.8 Å². The summed E-state index contributed by atoms with van der Waals surface area (Å²) in [5.41, 5.74) is 0.849. The Balaban J connectivity index is 2.35. The number of benzene rings is 1. The normalized spacial score (nSPS) is 10.8. The number of Topliss-reactive ketones (excluding diaryl/α,β-unsaturated/α-hetero) is 1. The van der Waals surface area contributed by atoms with Crippen molar-refractivity contribution >= 4 is 21.7 Å². The first kappa shape index (κ1) is 18.5. The second-order valence-corrected chi connectivity index (χ2v) is 6.19. The summed E-state index contributed by atoms with van der Waals surface area (Å²) < 4.78 is 21.0. The third-order valence-corrected chi connectivity index (χ3v) is 3.97. The van der Waals surface area contributed by atoms with Gasteiger partial charge in [0.2, 0.25) is 0 Å². The highest BCUT2D eigenvalue weighted by Crippen LogP contribution is 2.20. The Labute approximate surface area is 146 Å². The molecular weight excluding hydrogens is 381 g/mol. The van der Waals surface area contributed by atoms with Gasteiger partial charge in [-0.3, -0.25) is 9.59 Å². The molecule has 5 nitrogen and oxygen atoms in total. The standard InChI is InChI=1S/C17H17BrFNO4/c1-20-9-14(16(22)10-24-5-4-21)12(7-17(20)23)6-11-2-3-13(18)8-15(11)19/h2-3,7-9,21H,4-6,10H2,1H3. The van der Waals surface area contributed by atoms with Crippen molar-refractivity contribution in [1.82, 2.24) is 4.57 Å². The molecule has 0 atom stereocenters. The van der Waals surface area contributed by atoms with Crippen LogP contribution in [0.3, 0.4) is 0 Å². The van der Waals surface area contributed by atoms with Gasteiger partial charge in [0.05, 0.1) is 13.2 Å². The van der Waals surface area contributed by atoms with E-state index in [1.54, 1.807) is 12.1 Å². The van der Waals surface area contributed by atoms with Gasteiger partial charge >= 0.3 is 0 Å². The van der Waals surface area contributed by atoms with Crippen molar-refractivity contribution in [2.24, 2.45) is 7.05 Å². The van der Waals surface area contributed by atoms with Gasteiger partial charge in [-0.2, -0.15) is 0 Å². The average Bonchev–Trinajstić information content (AvgIpc) is 2.53. The van der Waals surface area contributed by atoms with Gasteiger partial charge in [-0.05, 0) is 23.3 Å². The lowest BCUT2D eigenvalue weighted by molar-refractivity contribution is 0.0662. The van der Waals surface area contributed by atoms with E-state index in [9.17, 15) is 14.0 Å². The zero-order valence-electron chi connectivity index (χ0n) is 13.1. The average molecular weight is 398 g/mol. The van der Waals surface area contributed by atoms with Crippen LogP contribution in [0, 0.1) is 5.82 Å². The van der Waals surface area contributed by atoms with E-state index in [-0.39, 0.29) is 37.6 Å². The predicted octanol–water partition coefficient (Wildman–Crippen LogP) is 2.07. The van der Waals surface area contributed by atoms with Gasteiger partial charge in [-0.15, -0.1) is 0 Å². The molecule has 0 saturated carbocycles. The molecule has 0 aliphatic heterocycles. The van der Waals surface area contributed by atoms with E-state index in [0.29, 0.717) is 21.2 Å². The van der Waals surface area contributed by atoms with Crippen LogP contribution in [0.1, 0.15) is 21.5 Å².